The number of nitrogens with zero attached hydrogens (tertiary/aromatic N) is 5. The first-order chi connectivity index (χ1) is 22.0. The number of amides is 1. The predicted molar refractivity (Wildman–Crippen MR) is 184 cm³/mol. The highest BCUT2D eigenvalue weighted by molar-refractivity contribution is 5.92. The zero-order valence-corrected chi connectivity index (χ0v) is 27.5. The van der Waals surface area contributed by atoms with Crippen LogP contribution < -0.4 is 29.7 Å². The molecule has 5 rings (SSSR count). The minimum Gasteiger partial charge on any atom is -0.477 e. The van der Waals surface area contributed by atoms with Crippen molar-refractivity contribution < 1.29 is 24.0 Å². The van der Waals surface area contributed by atoms with Crippen LogP contribution in [0.3, 0.4) is 0 Å². The summed E-state index contributed by atoms with van der Waals surface area (Å²) < 4.78 is 11.6. The first-order valence-corrected chi connectivity index (χ1v) is 15.5. The van der Waals surface area contributed by atoms with Gasteiger partial charge in [0.2, 0.25) is 16.9 Å². The van der Waals surface area contributed by atoms with Gasteiger partial charge in [0.1, 0.15) is 12.2 Å². The number of carbonyl (C=O) groups excluding carboxylic acids is 1. The molecule has 0 aliphatic carbocycles. The number of carboxylic acids is 1. The van der Waals surface area contributed by atoms with Crippen molar-refractivity contribution in [2.45, 2.75) is 32.2 Å². The fourth-order valence-corrected chi connectivity index (χ4v) is 5.65. The zero-order chi connectivity index (χ0) is 33.0. The van der Waals surface area contributed by atoms with Crippen molar-refractivity contribution in [2.24, 2.45) is 14.1 Å². The predicted octanol–water partition coefficient (Wildman–Crippen LogP) is 5.44. The lowest BCUT2D eigenvalue weighted by molar-refractivity contribution is -0.645. The quantitative estimate of drug-likeness (QED) is 0.0653. The lowest BCUT2D eigenvalue weighted by atomic mass is 10.1. The third-order valence-corrected chi connectivity index (χ3v) is 8.20. The Morgan fingerprint density at radius 3 is 2.02 bits per heavy atom. The van der Waals surface area contributed by atoms with Gasteiger partial charge < -0.3 is 39.4 Å². The maximum atomic E-state index is 12.8. The van der Waals surface area contributed by atoms with Crippen molar-refractivity contribution in [1.82, 2.24) is 9.13 Å². The van der Waals surface area contributed by atoms with Gasteiger partial charge in [0.05, 0.1) is 11.4 Å². The molecular weight excluding hydrogens is 582 g/mol. The Kier molecular flexibility index (Phi) is 9.69. The van der Waals surface area contributed by atoms with E-state index in [0.717, 1.165) is 37.2 Å². The molecule has 2 aromatic carbocycles. The molecule has 5 aromatic rings. The van der Waals surface area contributed by atoms with E-state index in [1.807, 2.05) is 13.2 Å². The van der Waals surface area contributed by atoms with Crippen molar-refractivity contribution >= 4 is 56.4 Å². The van der Waals surface area contributed by atoms with E-state index in [0.29, 0.717) is 23.7 Å². The van der Waals surface area contributed by atoms with Crippen LogP contribution in [0, 0.1) is 0 Å². The molecule has 0 unspecified atom stereocenters. The average Bonchev–Trinajstić information content (AvgIpc) is 3.56. The molecule has 0 bridgehead atoms. The van der Waals surface area contributed by atoms with Crippen LogP contribution in [0.2, 0.25) is 0 Å². The maximum absolute atomic E-state index is 12.8. The van der Waals surface area contributed by atoms with E-state index in [-0.39, 0.29) is 18.3 Å². The van der Waals surface area contributed by atoms with E-state index in [4.69, 9.17) is 4.74 Å². The van der Waals surface area contributed by atoms with Crippen LogP contribution in [-0.2, 0) is 25.4 Å². The molecule has 242 valence electrons. The number of nitrogens with one attached hydrogen (secondary N) is 2. The molecule has 0 radical (unpaired) electrons. The number of unbranched alkanes of at least 4 members (excludes halogenated alkanes) is 2. The molecule has 0 aliphatic rings. The van der Waals surface area contributed by atoms with Gasteiger partial charge in [0.15, 0.2) is 12.6 Å². The molecule has 0 fully saturated rings. The first kappa shape index (κ1) is 32.2. The molecule has 0 atom stereocenters. The van der Waals surface area contributed by atoms with Gasteiger partial charge in [-0.2, -0.15) is 4.57 Å². The van der Waals surface area contributed by atoms with Gasteiger partial charge in [-0.25, -0.2) is 4.79 Å². The number of pyridine rings is 1. The number of anilines is 4. The topological polar surface area (TPSA) is 108 Å². The Bertz CT molecular complexity index is 1810. The molecular formula is C35H44N7O4+. The number of fused-ring (bicyclic) bond motifs is 2. The summed E-state index contributed by atoms with van der Waals surface area (Å²) in [5, 5.41) is 17.7. The normalized spacial score (nSPS) is 11.2. The van der Waals surface area contributed by atoms with Crippen molar-refractivity contribution in [2.75, 3.05) is 55.4 Å². The van der Waals surface area contributed by atoms with Crippen LogP contribution >= 0.6 is 0 Å². The summed E-state index contributed by atoms with van der Waals surface area (Å²) in [4.78, 5) is 28.3. The average molecular weight is 627 g/mol. The van der Waals surface area contributed by atoms with Gasteiger partial charge in [0, 0.05) is 108 Å². The van der Waals surface area contributed by atoms with Gasteiger partial charge in [-0.05, 0) is 49.2 Å². The van der Waals surface area contributed by atoms with Crippen LogP contribution in [-0.4, -0.2) is 61.0 Å². The Hall–Kier alpha value is -5.19. The second kappa shape index (κ2) is 13.8. The van der Waals surface area contributed by atoms with E-state index >= 15 is 0 Å². The molecule has 0 aliphatic heterocycles. The number of rotatable bonds is 14. The van der Waals surface area contributed by atoms with Crippen molar-refractivity contribution in [1.29, 1.82) is 0 Å². The molecule has 0 saturated carbocycles. The number of carbonyl (C=O) groups is 2. The number of ether oxygens (including phenoxy) is 1. The smallest absolute Gasteiger partial charge is 0.352 e. The third kappa shape index (κ3) is 7.36. The van der Waals surface area contributed by atoms with Gasteiger partial charge in [-0.3, -0.25) is 4.79 Å². The van der Waals surface area contributed by atoms with E-state index in [9.17, 15) is 14.7 Å². The third-order valence-electron chi connectivity index (χ3n) is 8.20. The fourth-order valence-electron chi connectivity index (χ4n) is 5.65. The number of hydrogen-bond donors (Lipinski definition) is 3. The van der Waals surface area contributed by atoms with Gasteiger partial charge in [0.25, 0.3) is 0 Å². The molecule has 46 heavy (non-hydrogen) atoms. The van der Waals surface area contributed by atoms with Crippen LogP contribution in [0.15, 0.2) is 67.0 Å². The SMILES string of the molecule is CN(C)c1ccc2cc3ccc(N(C)C)cc3[n+](CCCCCC(=O)Nc3cc(OCNc4cc(C(=O)O)n(C)c4)n(C)c3)c2c1. The number of aryl methyl sites for hydroxylation is 3. The van der Waals surface area contributed by atoms with Crippen LogP contribution in [0.1, 0.15) is 36.2 Å². The second-order valence-corrected chi connectivity index (χ2v) is 12.1. The molecule has 0 saturated heterocycles. The highest BCUT2D eigenvalue weighted by atomic mass is 16.5. The first-order valence-electron chi connectivity index (χ1n) is 15.5. The van der Waals surface area contributed by atoms with Gasteiger partial charge >= 0.3 is 5.97 Å². The maximum Gasteiger partial charge on any atom is 0.352 e. The fraction of sp³-hybridized carbons (Fsp3) is 0.343. The monoisotopic (exact) mass is 626 g/mol. The van der Waals surface area contributed by atoms with Crippen molar-refractivity contribution in [3.05, 3.63) is 72.7 Å². The molecule has 11 nitrogen and oxygen atoms in total. The molecule has 3 aromatic heterocycles. The Labute approximate surface area is 269 Å². The highest BCUT2D eigenvalue weighted by Crippen LogP contribution is 2.26. The number of carboxylic acid groups (broad SMARTS) is 1. The minimum absolute atomic E-state index is 0.0322. The Balaban J connectivity index is 1.15. The Morgan fingerprint density at radius 2 is 1.43 bits per heavy atom. The summed E-state index contributed by atoms with van der Waals surface area (Å²) in [5.74, 6) is -0.448. The largest absolute Gasteiger partial charge is 0.477 e. The van der Waals surface area contributed by atoms with Crippen LogP contribution in [0.4, 0.5) is 22.7 Å². The molecule has 11 heteroatoms. The second-order valence-electron chi connectivity index (χ2n) is 12.1. The summed E-state index contributed by atoms with van der Waals surface area (Å²) in [7, 11) is 11.8. The Morgan fingerprint density at radius 1 is 0.804 bits per heavy atom. The van der Waals surface area contributed by atoms with Gasteiger partial charge in [-0.1, -0.05) is 0 Å². The van der Waals surface area contributed by atoms with E-state index in [1.165, 1.54) is 26.4 Å². The lowest BCUT2D eigenvalue weighted by Gasteiger charge is -2.15. The van der Waals surface area contributed by atoms with E-state index in [1.54, 1.807) is 29.9 Å². The summed E-state index contributed by atoms with van der Waals surface area (Å²) in [6.45, 7) is 1.00. The number of benzene rings is 2. The highest BCUT2D eigenvalue weighted by Gasteiger charge is 2.18. The van der Waals surface area contributed by atoms with Crippen molar-refractivity contribution in [3.8, 4) is 5.88 Å². The standard InChI is InChI=1S/C35H43N7O4/c1-38(2)28-13-11-24-16-25-12-14-29(39(3)4)20-31(25)42(30(24)19-28)15-9-7-8-10-33(43)37-27-18-34(41(6)22-27)46-23-36-26-17-32(35(44)45)40(5)21-26/h11-14,16-22,36H,7-10,15,23H2,1-6H3,(H-,37,43,44,45)/p+1. The van der Waals surface area contributed by atoms with Gasteiger partial charge in [-0.15, -0.1) is 0 Å². The summed E-state index contributed by atoms with van der Waals surface area (Å²) in [6.07, 6.45) is 6.60. The lowest BCUT2D eigenvalue weighted by Crippen LogP contribution is -2.36. The van der Waals surface area contributed by atoms with Crippen molar-refractivity contribution in [3.63, 3.8) is 0 Å². The molecule has 3 heterocycles. The minimum atomic E-state index is -0.992. The molecule has 1 amide bonds. The van der Waals surface area contributed by atoms with E-state index < -0.39 is 5.97 Å². The zero-order valence-electron chi connectivity index (χ0n) is 27.5. The molecule has 0 spiro atoms. The molecule has 3 N–H and O–H groups in total. The number of hydrogen-bond acceptors (Lipinski definition) is 6. The van der Waals surface area contributed by atoms with Crippen LogP contribution in [0.5, 0.6) is 5.88 Å². The summed E-state index contributed by atoms with van der Waals surface area (Å²) in [5.41, 5.74) is 6.24. The summed E-state index contributed by atoms with van der Waals surface area (Å²) in [6, 6.07) is 18.8. The van der Waals surface area contributed by atoms with E-state index in [2.05, 4.69) is 95.7 Å². The number of aromatic carboxylic acids is 1. The number of aromatic nitrogens is 3. The van der Waals surface area contributed by atoms with Crippen LogP contribution in [0.25, 0.3) is 21.8 Å². The summed E-state index contributed by atoms with van der Waals surface area (Å²) >= 11 is 0.